The van der Waals surface area contributed by atoms with Crippen molar-refractivity contribution in [3.63, 3.8) is 0 Å². The van der Waals surface area contributed by atoms with Gasteiger partial charge in [-0.25, -0.2) is 4.98 Å². The summed E-state index contributed by atoms with van der Waals surface area (Å²) >= 11 is 0. The zero-order valence-electron chi connectivity index (χ0n) is 14.0. The number of hydrogen-bond acceptors (Lipinski definition) is 4. The fraction of sp³-hybridized carbons (Fsp3) is 0.350. The van der Waals surface area contributed by atoms with Gasteiger partial charge in [0.05, 0.1) is 22.5 Å². The lowest BCUT2D eigenvalue weighted by Crippen LogP contribution is -2.36. The Hall–Kier alpha value is -2.53. The minimum absolute atomic E-state index is 0.0445. The van der Waals surface area contributed by atoms with Crippen molar-refractivity contribution in [3.05, 3.63) is 69.5 Å². The lowest BCUT2D eigenvalue weighted by atomic mass is 10.1. The highest BCUT2D eigenvalue weighted by Crippen LogP contribution is 2.37. The first-order valence-electron chi connectivity index (χ1n) is 8.95. The molecule has 1 aliphatic heterocycles. The van der Waals surface area contributed by atoms with Gasteiger partial charge in [0, 0.05) is 37.4 Å². The summed E-state index contributed by atoms with van der Waals surface area (Å²) in [6.45, 7) is 2.33. The van der Waals surface area contributed by atoms with Gasteiger partial charge in [0.2, 0.25) is 0 Å². The number of nitrogens with one attached hydrogen (secondary N) is 1. The Bertz CT molecular complexity index is 1010. The van der Waals surface area contributed by atoms with Gasteiger partial charge in [0.1, 0.15) is 5.82 Å². The van der Waals surface area contributed by atoms with Gasteiger partial charge in [-0.05, 0) is 25.0 Å². The minimum atomic E-state index is 0.0445. The summed E-state index contributed by atoms with van der Waals surface area (Å²) < 4.78 is 0. The van der Waals surface area contributed by atoms with Gasteiger partial charge in [-0.2, -0.15) is 0 Å². The van der Waals surface area contributed by atoms with Crippen molar-refractivity contribution in [2.75, 3.05) is 6.54 Å². The van der Waals surface area contributed by atoms with Crippen LogP contribution in [0.4, 0.5) is 0 Å². The van der Waals surface area contributed by atoms with Crippen LogP contribution in [0.25, 0.3) is 10.9 Å². The standard InChI is InChI=1S/C20H20N4O/c25-20-16-12-24(10-9-18(16)22-19(23-20)14-5-6-14)11-15-8-7-13-3-1-2-4-17(13)21-15/h1-4,7-8,14H,5-6,9-12H2,(H,22,23,25). The van der Waals surface area contributed by atoms with Crippen LogP contribution in [-0.2, 0) is 19.5 Å². The maximum atomic E-state index is 12.5. The highest BCUT2D eigenvalue weighted by atomic mass is 16.1. The van der Waals surface area contributed by atoms with Crippen LogP contribution in [0, 0.1) is 0 Å². The molecule has 0 bridgehead atoms. The fourth-order valence-electron chi connectivity index (χ4n) is 3.61. The molecule has 1 fully saturated rings. The lowest BCUT2D eigenvalue weighted by Gasteiger charge is -2.27. The molecule has 0 saturated heterocycles. The van der Waals surface area contributed by atoms with Crippen molar-refractivity contribution in [1.29, 1.82) is 0 Å². The molecular formula is C20H20N4O. The number of nitrogens with zero attached hydrogens (tertiary/aromatic N) is 3. The molecule has 0 unspecified atom stereocenters. The number of aromatic amines is 1. The van der Waals surface area contributed by atoms with E-state index in [1.54, 1.807) is 0 Å². The molecule has 1 N–H and O–H groups in total. The second-order valence-electron chi connectivity index (χ2n) is 7.11. The van der Waals surface area contributed by atoms with E-state index >= 15 is 0 Å². The van der Waals surface area contributed by atoms with Crippen LogP contribution in [0.5, 0.6) is 0 Å². The quantitative estimate of drug-likeness (QED) is 0.801. The van der Waals surface area contributed by atoms with Crippen molar-refractivity contribution in [1.82, 2.24) is 19.9 Å². The first kappa shape index (κ1) is 14.8. The molecule has 3 heterocycles. The Balaban J connectivity index is 1.38. The number of para-hydroxylation sites is 1. The molecule has 126 valence electrons. The predicted octanol–water partition coefficient (Wildman–Crippen LogP) is 2.75. The number of hydrogen-bond donors (Lipinski definition) is 1. The number of pyridine rings is 1. The third-order valence-electron chi connectivity index (χ3n) is 5.17. The topological polar surface area (TPSA) is 61.9 Å². The van der Waals surface area contributed by atoms with E-state index in [9.17, 15) is 4.79 Å². The Morgan fingerprint density at radius 1 is 1.12 bits per heavy atom. The van der Waals surface area contributed by atoms with E-state index in [1.165, 1.54) is 0 Å². The average molecular weight is 332 g/mol. The van der Waals surface area contributed by atoms with E-state index in [1.807, 2.05) is 18.2 Å². The molecule has 5 heteroatoms. The third kappa shape index (κ3) is 2.85. The molecule has 25 heavy (non-hydrogen) atoms. The van der Waals surface area contributed by atoms with E-state index in [0.717, 1.165) is 66.0 Å². The largest absolute Gasteiger partial charge is 0.310 e. The molecule has 2 aliphatic rings. The van der Waals surface area contributed by atoms with Crippen LogP contribution in [0.1, 0.15) is 41.5 Å². The molecule has 0 amide bonds. The Morgan fingerprint density at radius 3 is 2.88 bits per heavy atom. The summed E-state index contributed by atoms with van der Waals surface area (Å²) in [5.41, 5.74) is 3.93. The van der Waals surface area contributed by atoms with Crippen LogP contribution in [0.2, 0.25) is 0 Å². The monoisotopic (exact) mass is 332 g/mol. The maximum absolute atomic E-state index is 12.5. The smallest absolute Gasteiger partial charge is 0.255 e. The fourth-order valence-corrected chi connectivity index (χ4v) is 3.61. The Morgan fingerprint density at radius 2 is 2.00 bits per heavy atom. The van der Waals surface area contributed by atoms with Crippen molar-refractivity contribution >= 4 is 10.9 Å². The Labute approximate surface area is 145 Å². The third-order valence-corrected chi connectivity index (χ3v) is 5.17. The van der Waals surface area contributed by atoms with Gasteiger partial charge in [-0.15, -0.1) is 0 Å². The first-order valence-corrected chi connectivity index (χ1v) is 8.95. The average Bonchev–Trinajstić information content (AvgIpc) is 3.47. The molecule has 3 aromatic rings. The summed E-state index contributed by atoms with van der Waals surface area (Å²) in [7, 11) is 0. The molecule has 0 atom stereocenters. The van der Waals surface area contributed by atoms with Gasteiger partial charge < -0.3 is 4.98 Å². The van der Waals surface area contributed by atoms with Crippen molar-refractivity contribution in [2.45, 2.75) is 38.3 Å². The van der Waals surface area contributed by atoms with Crippen LogP contribution in [0.15, 0.2) is 41.2 Å². The highest BCUT2D eigenvalue weighted by molar-refractivity contribution is 5.78. The second-order valence-corrected chi connectivity index (χ2v) is 7.11. The number of fused-ring (bicyclic) bond motifs is 2. The summed E-state index contributed by atoms with van der Waals surface area (Å²) in [4.78, 5) is 27.2. The normalized spacial score (nSPS) is 17.6. The number of aromatic nitrogens is 3. The molecule has 0 spiro atoms. The second kappa shape index (κ2) is 5.77. The molecule has 0 radical (unpaired) electrons. The van der Waals surface area contributed by atoms with Crippen molar-refractivity contribution in [3.8, 4) is 0 Å². The van der Waals surface area contributed by atoms with Crippen LogP contribution < -0.4 is 5.56 Å². The summed E-state index contributed by atoms with van der Waals surface area (Å²) in [6.07, 6.45) is 3.15. The van der Waals surface area contributed by atoms with Crippen LogP contribution in [0.3, 0.4) is 0 Å². The number of rotatable bonds is 3. The van der Waals surface area contributed by atoms with E-state index in [-0.39, 0.29) is 5.56 Å². The molecule has 1 aliphatic carbocycles. The van der Waals surface area contributed by atoms with Crippen LogP contribution >= 0.6 is 0 Å². The van der Waals surface area contributed by atoms with Gasteiger partial charge in [0.15, 0.2) is 0 Å². The van der Waals surface area contributed by atoms with E-state index in [4.69, 9.17) is 9.97 Å². The summed E-state index contributed by atoms with van der Waals surface area (Å²) in [5.74, 6) is 1.38. The van der Waals surface area contributed by atoms with E-state index < -0.39 is 0 Å². The maximum Gasteiger partial charge on any atom is 0.255 e. The summed E-state index contributed by atoms with van der Waals surface area (Å²) in [5, 5.41) is 1.16. The van der Waals surface area contributed by atoms with E-state index in [2.05, 4.69) is 28.1 Å². The van der Waals surface area contributed by atoms with Crippen molar-refractivity contribution < 1.29 is 0 Å². The van der Waals surface area contributed by atoms with Crippen LogP contribution in [-0.4, -0.2) is 26.4 Å². The lowest BCUT2D eigenvalue weighted by molar-refractivity contribution is 0.239. The zero-order valence-corrected chi connectivity index (χ0v) is 14.0. The molecule has 1 saturated carbocycles. The zero-order chi connectivity index (χ0) is 16.8. The van der Waals surface area contributed by atoms with Crippen molar-refractivity contribution in [2.24, 2.45) is 0 Å². The molecule has 5 nitrogen and oxygen atoms in total. The van der Waals surface area contributed by atoms with E-state index in [0.29, 0.717) is 12.5 Å². The highest BCUT2D eigenvalue weighted by Gasteiger charge is 2.29. The van der Waals surface area contributed by atoms with Gasteiger partial charge >= 0.3 is 0 Å². The number of benzene rings is 1. The SMILES string of the molecule is O=c1[nH]c(C2CC2)nc2c1CN(Cc1ccc3ccccc3n1)CC2. The first-order chi connectivity index (χ1) is 12.3. The molecule has 1 aromatic carbocycles. The molecule has 2 aromatic heterocycles. The predicted molar refractivity (Wildman–Crippen MR) is 96.4 cm³/mol. The molecule has 5 rings (SSSR count). The van der Waals surface area contributed by atoms with Gasteiger partial charge in [-0.3, -0.25) is 14.7 Å². The van der Waals surface area contributed by atoms with Gasteiger partial charge in [0.25, 0.3) is 5.56 Å². The van der Waals surface area contributed by atoms with Gasteiger partial charge in [-0.1, -0.05) is 24.3 Å². The molecular weight excluding hydrogens is 312 g/mol. The number of H-pyrrole nitrogens is 1. The Kier molecular flexibility index (Phi) is 3.41. The summed E-state index contributed by atoms with van der Waals surface area (Å²) in [6, 6.07) is 12.4. The minimum Gasteiger partial charge on any atom is -0.310 e.